The molecule has 0 unspecified atom stereocenters. The van der Waals surface area contributed by atoms with Crippen molar-refractivity contribution in [1.82, 2.24) is 0 Å². The summed E-state index contributed by atoms with van der Waals surface area (Å²) >= 11 is 2.85. The number of fused-ring (bicyclic) bond motifs is 1. The van der Waals surface area contributed by atoms with Crippen LogP contribution < -0.4 is 5.32 Å². The maximum atomic E-state index is 10.9. The van der Waals surface area contributed by atoms with Crippen molar-refractivity contribution in [2.75, 3.05) is 5.32 Å². The smallest absolute Gasteiger partial charge is 0.291 e. The van der Waals surface area contributed by atoms with Crippen LogP contribution in [0, 0.1) is 0 Å². The van der Waals surface area contributed by atoms with Gasteiger partial charge < -0.3 is 5.32 Å². The molecule has 0 radical (unpaired) electrons. The van der Waals surface area contributed by atoms with Gasteiger partial charge in [-0.15, -0.1) is 0 Å². The van der Waals surface area contributed by atoms with E-state index < -0.39 is 0 Å². The standard InChI is InChI=1S/C11H8BrNO/c12-11(14)13-10-7-3-5-8-4-1-2-6-9(8)10/h1-7H,(H,13,14). The van der Waals surface area contributed by atoms with E-state index in [0.717, 1.165) is 16.5 Å². The Bertz CT molecular complexity index is 476. The van der Waals surface area contributed by atoms with E-state index in [-0.39, 0.29) is 4.82 Å². The number of rotatable bonds is 1. The Morgan fingerprint density at radius 1 is 1.07 bits per heavy atom. The number of nitrogens with one attached hydrogen (secondary N) is 1. The van der Waals surface area contributed by atoms with Crippen molar-refractivity contribution in [1.29, 1.82) is 0 Å². The topological polar surface area (TPSA) is 29.1 Å². The molecule has 0 heterocycles. The first-order chi connectivity index (χ1) is 6.77. The van der Waals surface area contributed by atoms with Crippen molar-refractivity contribution in [2.24, 2.45) is 0 Å². The molecule has 0 aromatic heterocycles. The Morgan fingerprint density at radius 3 is 2.57 bits per heavy atom. The van der Waals surface area contributed by atoms with Crippen LogP contribution in [-0.2, 0) is 0 Å². The second kappa shape index (κ2) is 3.80. The molecule has 0 atom stereocenters. The van der Waals surface area contributed by atoms with Crippen molar-refractivity contribution < 1.29 is 4.79 Å². The lowest BCUT2D eigenvalue weighted by molar-refractivity contribution is 0.270. The van der Waals surface area contributed by atoms with Crippen molar-refractivity contribution in [3.8, 4) is 0 Å². The van der Waals surface area contributed by atoms with E-state index >= 15 is 0 Å². The van der Waals surface area contributed by atoms with E-state index in [9.17, 15) is 4.79 Å². The van der Waals surface area contributed by atoms with E-state index in [2.05, 4.69) is 21.2 Å². The van der Waals surface area contributed by atoms with E-state index in [0.29, 0.717) is 0 Å². The van der Waals surface area contributed by atoms with Crippen molar-refractivity contribution in [3.63, 3.8) is 0 Å². The lowest BCUT2D eigenvalue weighted by Crippen LogP contribution is -2.00. The summed E-state index contributed by atoms with van der Waals surface area (Å²) in [6.07, 6.45) is 0. The molecule has 0 spiro atoms. The number of anilines is 1. The molecule has 0 saturated heterocycles. The van der Waals surface area contributed by atoms with Crippen molar-refractivity contribution in [2.45, 2.75) is 0 Å². The first-order valence-electron chi connectivity index (χ1n) is 4.21. The minimum absolute atomic E-state index is 0.228. The monoisotopic (exact) mass is 249 g/mol. The number of hydrogen-bond donors (Lipinski definition) is 1. The Hall–Kier alpha value is -1.35. The minimum atomic E-state index is -0.228. The average Bonchev–Trinajstić information content (AvgIpc) is 2.18. The molecule has 2 aromatic rings. The van der Waals surface area contributed by atoms with Crippen LogP contribution in [0.3, 0.4) is 0 Å². The highest BCUT2D eigenvalue weighted by molar-refractivity contribution is 9.18. The molecule has 0 aliphatic rings. The van der Waals surface area contributed by atoms with Gasteiger partial charge in [-0.2, -0.15) is 0 Å². The first kappa shape index (κ1) is 9.21. The SMILES string of the molecule is O=C(Br)Nc1cccc2ccccc12. The van der Waals surface area contributed by atoms with Crippen LogP contribution in [0.5, 0.6) is 0 Å². The number of hydrogen-bond acceptors (Lipinski definition) is 1. The van der Waals surface area contributed by atoms with Gasteiger partial charge in [0.25, 0.3) is 4.82 Å². The molecule has 2 aromatic carbocycles. The van der Waals surface area contributed by atoms with Crippen LogP contribution >= 0.6 is 15.9 Å². The molecule has 0 aliphatic carbocycles. The molecule has 0 aliphatic heterocycles. The molecule has 2 rings (SSSR count). The van der Waals surface area contributed by atoms with Gasteiger partial charge in [-0.1, -0.05) is 36.4 Å². The molecule has 70 valence electrons. The predicted octanol–water partition coefficient (Wildman–Crippen LogP) is 3.77. The fourth-order valence-corrected chi connectivity index (χ4v) is 1.65. The molecular formula is C11H8BrNO. The number of carbonyl (C=O) groups is 1. The van der Waals surface area contributed by atoms with Crippen molar-refractivity contribution >= 4 is 37.2 Å². The van der Waals surface area contributed by atoms with E-state index in [1.54, 1.807) is 0 Å². The largest absolute Gasteiger partial charge is 0.316 e. The summed E-state index contributed by atoms with van der Waals surface area (Å²) in [5, 5.41) is 4.89. The molecule has 3 heteroatoms. The van der Waals surface area contributed by atoms with Gasteiger partial charge >= 0.3 is 0 Å². The Morgan fingerprint density at radius 2 is 1.79 bits per heavy atom. The highest BCUT2D eigenvalue weighted by atomic mass is 79.9. The van der Waals surface area contributed by atoms with Gasteiger partial charge in [0.2, 0.25) is 0 Å². The van der Waals surface area contributed by atoms with Crippen LogP contribution in [0.2, 0.25) is 0 Å². The highest BCUT2D eigenvalue weighted by Gasteiger charge is 2.01. The molecule has 0 saturated carbocycles. The van der Waals surface area contributed by atoms with Gasteiger partial charge in [-0.25, -0.2) is 0 Å². The average molecular weight is 250 g/mol. The number of benzene rings is 2. The fourth-order valence-electron chi connectivity index (χ4n) is 1.44. The second-order valence-electron chi connectivity index (χ2n) is 2.93. The molecule has 2 nitrogen and oxygen atoms in total. The van der Waals surface area contributed by atoms with E-state index in [4.69, 9.17) is 0 Å². The number of halogens is 1. The van der Waals surface area contributed by atoms with Crippen LogP contribution in [0.4, 0.5) is 10.5 Å². The van der Waals surface area contributed by atoms with Crippen LogP contribution in [0.15, 0.2) is 42.5 Å². The number of carbonyl (C=O) groups excluding carboxylic acids is 1. The highest BCUT2D eigenvalue weighted by Crippen LogP contribution is 2.23. The third-order valence-corrected chi connectivity index (χ3v) is 2.22. The summed E-state index contributed by atoms with van der Waals surface area (Å²) in [6, 6.07) is 13.7. The molecule has 1 amide bonds. The summed E-state index contributed by atoms with van der Waals surface area (Å²) in [4.78, 5) is 10.6. The maximum Gasteiger partial charge on any atom is 0.291 e. The quantitative estimate of drug-likeness (QED) is 0.605. The Balaban J connectivity index is 2.59. The minimum Gasteiger partial charge on any atom is -0.316 e. The summed E-state index contributed by atoms with van der Waals surface area (Å²) in [5.41, 5.74) is 0.824. The van der Waals surface area contributed by atoms with Crippen LogP contribution in [-0.4, -0.2) is 4.82 Å². The van der Waals surface area contributed by atoms with Gasteiger partial charge in [0, 0.05) is 27.0 Å². The van der Waals surface area contributed by atoms with Gasteiger partial charge in [-0.3, -0.25) is 4.79 Å². The third-order valence-electron chi connectivity index (χ3n) is 2.02. The fraction of sp³-hybridized carbons (Fsp3) is 0. The van der Waals surface area contributed by atoms with Crippen LogP contribution in [0.25, 0.3) is 10.8 Å². The lowest BCUT2D eigenvalue weighted by Gasteiger charge is -2.05. The molecule has 0 bridgehead atoms. The molecule has 1 N–H and O–H groups in total. The summed E-state index contributed by atoms with van der Waals surface area (Å²) in [5.74, 6) is 0. The zero-order valence-corrected chi connectivity index (χ0v) is 8.91. The molecular weight excluding hydrogens is 242 g/mol. The molecule has 14 heavy (non-hydrogen) atoms. The molecule has 0 fully saturated rings. The van der Waals surface area contributed by atoms with E-state index in [1.165, 1.54) is 0 Å². The summed E-state index contributed by atoms with van der Waals surface area (Å²) in [7, 11) is 0. The lowest BCUT2D eigenvalue weighted by atomic mass is 10.1. The normalized spacial score (nSPS) is 10.1. The zero-order chi connectivity index (χ0) is 9.97. The van der Waals surface area contributed by atoms with Gasteiger partial charge in [0.1, 0.15) is 0 Å². The second-order valence-corrected chi connectivity index (χ2v) is 3.65. The number of amides is 1. The summed E-state index contributed by atoms with van der Waals surface area (Å²) < 4.78 is 0. The van der Waals surface area contributed by atoms with Gasteiger partial charge in [-0.05, 0) is 11.5 Å². The maximum absolute atomic E-state index is 10.9. The first-order valence-corrected chi connectivity index (χ1v) is 5.01. The Labute approximate surface area is 90.1 Å². The predicted molar refractivity (Wildman–Crippen MR) is 61.9 cm³/mol. The van der Waals surface area contributed by atoms with Crippen LogP contribution in [0.1, 0.15) is 0 Å². The van der Waals surface area contributed by atoms with Crippen molar-refractivity contribution in [3.05, 3.63) is 42.5 Å². The zero-order valence-electron chi connectivity index (χ0n) is 7.33. The van der Waals surface area contributed by atoms with Gasteiger partial charge in [0.05, 0.1) is 0 Å². The van der Waals surface area contributed by atoms with Gasteiger partial charge in [0.15, 0.2) is 0 Å². The third kappa shape index (κ3) is 1.77. The Kier molecular flexibility index (Phi) is 2.50. The summed E-state index contributed by atoms with van der Waals surface area (Å²) in [6.45, 7) is 0. The van der Waals surface area contributed by atoms with E-state index in [1.807, 2.05) is 42.5 Å².